The zero-order valence-corrected chi connectivity index (χ0v) is 14.5. The van der Waals surface area contributed by atoms with Crippen molar-refractivity contribution in [3.05, 3.63) is 0 Å². The van der Waals surface area contributed by atoms with Crippen molar-refractivity contribution >= 4 is 86.0 Å². The van der Waals surface area contributed by atoms with Crippen LogP contribution >= 0.6 is 74.0 Å². The molecule has 18 heavy (non-hydrogen) atoms. The van der Waals surface area contributed by atoms with Crippen LogP contribution in [-0.2, 0) is 9.59 Å². The molecule has 1 aliphatic heterocycles. The molecule has 108 valence electrons. The van der Waals surface area contributed by atoms with Crippen LogP contribution in [0.3, 0.4) is 0 Å². The first-order chi connectivity index (χ1) is 8.33. The third-order valence-corrected chi connectivity index (χ3v) is 6.00. The lowest BCUT2D eigenvalue weighted by molar-refractivity contribution is -0.134. The number of thioether (sulfide) groups is 2. The summed E-state index contributed by atoms with van der Waals surface area (Å²) in [6.07, 6.45) is 0. The number of thiol groups is 4. The molecule has 2 N–H and O–H groups in total. The molecule has 0 spiro atoms. The molecule has 1 saturated heterocycles. The number of aliphatic carboxylic acids is 2. The number of carbonyl (C=O) groups is 2. The molecule has 0 aromatic rings. The Morgan fingerprint density at radius 3 is 1.28 bits per heavy atom. The lowest BCUT2D eigenvalue weighted by Crippen LogP contribution is -2.12. The summed E-state index contributed by atoms with van der Waals surface area (Å²) in [4.78, 5) is 18.6. The van der Waals surface area contributed by atoms with Crippen LogP contribution in [0.5, 0.6) is 0 Å². The Balaban J connectivity index is 0. The molecule has 10 heteroatoms. The first-order valence-electron chi connectivity index (χ1n) is 4.58. The first-order valence-corrected chi connectivity index (χ1v) is 8.97. The third-order valence-electron chi connectivity index (χ3n) is 1.13. The van der Waals surface area contributed by atoms with E-state index in [2.05, 4.69) is 50.5 Å². The lowest BCUT2D eigenvalue weighted by Gasteiger charge is -2.20. The van der Waals surface area contributed by atoms with Crippen molar-refractivity contribution in [1.82, 2.24) is 0 Å². The zero-order valence-electron chi connectivity index (χ0n) is 9.30. The van der Waals surface area contributed by atoms with E-state index in [0.29, 0.717) is 9.16 Å². The summed E-state index contributed by atoms with van der Waals surface area (Å²) < 4.78 is 1.09. The fourth-order valence-electron chi connectivity index (χ4n) is 0.483. The van der Waals surface area contributed by atoms with Gasteiger partial charge in [0.15, 0.2) is 0 Å². The van der Waals surface area contributed by atoms with Crippen molar-refractivity contribution in [2.45, 2.75) is 9.16 Å². The molecule has 2 atom stereocenters. The Bertz CT molecular complexity index is 208. The molecule has 1 fully saturated rings. The van der Waals surface area contributed by atoms with E-state index in [-0.39, 0.29) is 11.5 Å². The molecule has 2 unspecified atom stereocenters. The summed E-state index contributed by atoms with van der Waals surface area (Å²) in [5.41, 5.74) is 0. The van der Waals surface area contributed by atoms with Gasteiger partial charge in [-0.3, -0.25) is 9.59 Å². The molecule has 0 bridgehead atoms. The van der Waals surface area contributed by atoms with E-state index >= 15 is 0 Å². The van der Waals surface area contributed by atoms with Gasteiger partial charge in [0.2, 0.25) is 0 Å². The Hall–Kier alpha value is 1.04. The van der Waals surface area contributed by atoms with Gasteiger partial charge in [-0.2, -0.15) is 50.5 Å². The fraction of sp³-hybridized carbons (Fsp3) is 0.750. The maximum atomic E-state index is 9.29. The summed E-state index contributed by atoms with van der Waals surface area (Å²) in [6.45, 7) is 0. The number of hydrogen-bond donors (Lipinski definition) is 6. The molecule has 0 radical (unpaired) electrons. The fourth-order valence-corrected chi connectivity index (χ4v) is 3.53. The molecule has 4 nitrogen and oxygen atoms in total. The standard InChI is InChI=1S/C4H8S4.2C2H4O2S/c5-3-1-7-4(6)2-8-3;2*3-2(4)1-5/h3-6H,1-2H2;2*5H,1H2,(H,3,4). The smallest absolute Gasteiger partial charge is 0.313 e. The first kappa shape index (κ1) is 21.3. The van der Waals surface area contributed by atoms with Crippen LogP contribution in [0.15, 0.2) is 0 Å². The van der Waals surface area contributed by atoms with Gasteiger partial charge in [0.05, 0.1) is 20.7 Å². The summed E-state index contributed by atoms with van der Waals surface area (Å²) >= 11 is 19.2. The van der Waals surface area contributed by atoms with E-state index in [1.54, 1.807) is 0 Å². The lowest BCUT2D eigenvalue weighted by atomic mass is 10.8. The van der Waals surface area contributed by atoms with Crippen LogP contribution in [0, 0.1) is 0 Å². The van der Waals surface area contributed by atoms with Crippen LogP contribution in [0.4, 0.5) is 0 Å². The Labute approximate surface area is 137 Å². The third kappa shape index (κ3) is 19.4. The second-order valence-electron chi connectivity index (χ2n) is 2.68. The predicted molar refractivity (Wildman–Crippen MR) is 93.4 cm³/mol. The summed E-state index contributed by atoms with van der Waals surface area (Å²) in [6, 6.07) is 0. The normalized spacial score (nSPS) is 21.8. The van der Waals surface area contributed by atoms with Crippen LogP contribution in [-0.4, -0.2) is 54.3 Å². The van der Waals surface area contributed by atoms with Gasteiger partial charge in [0.25, 0.3) is 0 Å². The van der Waals surface area contributed by atoms with E-state index in [0.717, 1.165) is 11.5 Å². The Morgan fingerprint density at radius 2 is 1.17 bits per heavy atom. The maximum Gasteiger partial charge on any atom is 0.313 e. The van der Waals surface area contributed by atoms with Crippen molar-refractivity contribution < 1.29 is 19.8 Å². The van der Waals surface area contributed by atoms with Crippen LogP contribution in [0.2, 0.25) is 0 Å². The summed E-state index contributed by atoms with van der Waals surface area (Å²) in [5, 5.41) is 15.3. The van der Waals surface area contributed by atoms with Gasteiger partial charge >= 0.3 is 11.9 Å². The van der Waals surface area contributed by atoms with Crippen LogP contribution in [0.1, 0.15) is 0 Å². The Kier molecular flexibility index (Phi) is 17.1. The zero-order chi connectivity index (χ0) is 14.6. The van der Waals surface area contributed by atoms with Crippen molar-refractivity contribution in [2.24, 2.45) is 0 Å². The van der Waals surface area contributed by atoms with E-state index in [1.165, 1.54) is 0 Å². The van der Waals surface area contributed by atoms with Gasteiger partial charge in [0, 0.05) is 11.5 Å². The highest BCUT2D eigenvalue weighted by atomic mass is 32.2. The average Bonchev–Trinajstić information content (AvgIpc) is 2.34. The van der Waals surface area contributed by atoms with Crippen molar-refractivity contribution in [2.75, 3.05) is 23.0 Å². The SMILES string of the molecule is O=C(O)CS.O=C(O)CS.SC1CSC(S)CS1. The number of carboxylic acid groups (broad SMARTS) is 2. The highest BCUT2D eigenvalue weighted by Gasteiger charge is 2.15. The molecule has 0 saturated carbocycles. The molecular weight excluding hydrogens is 352 g/mol. The second-order valence-corrected chi connectivity index (χ2v) is 7.73. The van der Waals surface area contributed by atoms with Gasteiger partial charge in [0.1, 0.15) is 0 Å². The maximum absolute atomic E-state index is 9.29. The minimum atomic E-state index is -0.881. The van der Waals surface area contributed by atoms with Crippen LogP contribution < -0.4 is 0 Å². The number of carboxylic acids is 2. The monoisotopic (exact) mass is 368 g/mol. The van der Waals surface area contributed by atoms with Gasteiger partial charge in [-0.1, -0.05) is 0 Å². The topological polar surface area (TPSA) is 74.6 Å². The van der Waals surface area contributed by atoms with Crippen molar-refractivity contribution in [3.8, 4) is 0 Å². The quantitative estimate of drug-likeness (QED) is 0.419. The van der Waals surface area contributed by atoms with E-state index in [1.807, 2.05) is 23.5 Å². The van der Waals surface area contributed by atoms with Crippen molar-refractivity contribution in [3.63, 3.8) is 0 Å². The molecule has 0 aromatic carbocycles. The number of hydrogen-bond acceptors (Lipinski definition) is 8. The van der Waals surface area contributed by atoms with Gasteiger partial charge in [-0.05, 0) is 0 Å². The number of rotatable bonds is 2. The largest absolute Gasteiger partial charge is 0.481 e. The minimum Gasteiger partial charge on any atom is -0.481 e. The molecular formula is C8H16O4S6. The highest BCUT2D eigenvalue weighted by Crippen LogP contribution is 2.32. The van der Waals surface area contributed by atoms with Crippen LogP contribution in [0.25, 0.3) is 0 Å². The molecule has 0 amide bonds. The van der Waals surface area contributed by atoms with E-state index < -0.39 is 11.9 Å². The van der Waals surface area contributed by atoms with E-state index in [4.69, 9.17) is 10.2 Å². The average molecular weight is 369 g/mol. The van der Waals surface area contributed by atoms with Gasteiger partial charge in [-0.15, -0.1) is 23.5 Å². The molecule has 1 heterocycles. The Morgan fingerprint density at radius 1 is 0.944 bits per heavy atom. The molecule has 0 aliphatic carbocycles. The summed E-state index contributed by atoms with van der Waals surface area (Å²) in [7, 11) is 0. The van der Waals surface area contributed by atoms with E-state index in [9.17, 15) is 9.59 Å². The molecule has 1 aliphatic rings. The summed E-state index contributed by atoms with van der Waals surface area (Å²) in [5.74, 6) is 0.353. The molecule has 1 rings (SSSR count). The van der Waals surface area contributed by atoms with Gasteiger partial charge in [-0.25, -0.2) is 0 Å². The molecule has 0 aromatic heterocycles. The predicted octanol–water partition coefficient (Wildman–Crippen LogP) is 1.98. The minimum absolute atomic E-state index is 0.0833. The second kappa shape index (κ2) is 14.4. The van der Waals surface area contributed by atoms with Crippen molar-refractivity contribution in [1.29, 1.82) is 0 Å². The highest BCUT2D eigenvalue weighted by molar-refractivity contribution is 8.18. The van der Waals surface area contributed by atoms with Gasteiger partial charge < -0.3 is 10.2 Å².